The summed E-state index contributed by atoms with van der Waals surface area (Å²) >= 11 is 0. The number of aromatic nitrogens is 2. The van der Waals surface area contributed by atoms with Crippen LogP contribution in [-0.2, 0) is 0 Å². The highest BCUT2D eigenvalue weighted by Gasteiger charge is 2.02. The molecule has 0 bridgehead atoms. The number of rotatable bonds is 10. The van der Waals surface area contributed by atoms with Gasteiger partial charge in [-0.25, -0.2) is 9.97 Å². The zero-order valence-corrected chi connectivity index (χ0v) is 14.6. The molecule has 1 heterocycles. The number of nitrogens with zero attached hydrogens (tertiary/aromatic N) is 2. The highest BCUT2D eigenvalue weighted by molar-refractivity contribution is 5.56. The molecule has 0 fully saturated rings. The minimum atomic E-state index is 0.644. The molecule has 0 unspecified atom stereocenters. The zero-order chi connectivity index (χ0) is 17.0. The van der Waals surface area contributed by atoms with Gasteiger partial charge in [0.1, 0.15) is 5.75 Å². The molecule has 0 aliphatic carbocycles. The molecule has 0 aliphatic heterocycles. The monoisotopic (exact) mass is 326 g/mol. The van der Waals surface area contributed by atoms with Crippen LogP contribution in [0.2, 0.25) is 0 Å². The molecule has 0 amide bonds. The van der Waals surface area contributed by atoms with Crippen molar-refractivity contribution in [1.82, 2.24) is 9.97 Å². The van der Waals surface area contributed by atoms with E-state index in [9.17, 15) is 0 Å². The smallest absolute Gasteiger partial charge is 0.163 e. The van der Waals surface area contributed by atoms with Crippen LogP contribution in [0.4, 0.5) is 0 Å². The van der Waals surface area contributed by atoms with E-state index < -0.39 is 0 Å². The summed E-state index contributed by atoms with van der Waals surface area (Å²) in [6.07, 6.45) is 12.7. The molecule has 4 heteroatoms. The second-order valence-electron chi connectivity index (χ2n) is 5.60. The molecule has 24 heavy (non-hydrogen) atoms. The number of allylic oxidation sites excluding steroid dienone is 1. The van der Waals surface area contributed by atoms with E-state index in [1.165, 1.54) is 12.8 Å². The van der Waals surface area contributed by atoms with Crippen molar-refractivity contribution in [2.45, 2.75) is 46.0 Å². The summed E-state index contributed by atoms with van der Waals surface area (Å²) < 4.78 is 11.2. The molecule has 0 saturated heterocycles. The van der Waals surface area contributed by atoms with Gasteiger partial charge in [-0.05, 0) is 49.6 Å². The van der Waals surface area contributed by atoms with Gasteiger partial charge in [-0.1, -0.05) is 26.7 Å². The van der Waals surface area contributed by atoms with Gasteiger partial charge < -0.3 is 9.47 Å². The van der Waals surface area contributed by atoms with Gasteiger partial charge in [-0.2, -0.15) is 0 Å². The summed E-state index contributed by atoms with van der Waals surface area (Å²) in [5.74, 6) is 2.20. The SMILES string of the molecule is CCCCC=COc1cnc(-c2ccc(OCCCC)cc2)nc1. The van der Waals surface area contributed by atoms with Gasteiger partial charge in [0.2, 0.25) is 0 Å². The summed E-state index contributed by atoms with van der Waals surface area (Å²) in [6, 6.07) is 7.86. The topological polar surface area (TPSA) is 44.2 Å². The number of unbranched alkanes of at least 4 members (excludes halogenated alkanes) is 3. The third-order valence-electron chi connectivity index (χ3n) is 3.53. The van der Waals surface area contributed by atoms with Gasteiger partial charge in [0, 0.05) is 5.56 Å². The zero-order valence-electron chi connectivity index (χ0n) is 14.6. The van der Waals surface area contributed by atoms with Crippen LogP contribution in [0.5, 0.6) is 11.5 Å². The molecule has 1 aromatic carbocycles. The van der Waals surface area contributed by atoms with Gasteiger partial charge in [0.25, 0.3) is 0 Å². The van der Waals surface area contributed by atoms with Gasteiger partial charge in [0.05, 0.1) is 25.3 Å². The van der Waals surface area contributed by atoms with Crippen molar-refractivity contribution >= 4 is 0 Å². The Morgan fingerprint density at radius 2 is 1.62 bits per heavy atom. The van der Waals surface area contributed by atoms with Crippen molar-refractivity contribution in [1.29, 1.82) is 0 Å². The molecule has 0 N–H and O–H groups in total. The van der Waals surface area contributed by atoms with Crippen LogP contribution in [0.1, 0.15) is 46.0 Å². The first kappa shape index (κ1) is 18.0. The van der Waals surface area contributed by atoms with Crippen molar-refractivity contribution in [2.75, 3.05) is 6.61 Å². The molecule has 2 aromatic rings. The lowest BCUT2D eigenvalue weighted by molar-refractivity contribution is 0.309. The molecule has 4 nitrogen and oxygen atoms in total. The molecule has 0 aliphatic rings. The Labute approximate surface area is 144 Å². The normalized spacial score (nSPS) is 10.9. The summed E-state index contributed by atoms with van der Waals surface area (Å²) in [4.78, 5) is 8.72. The van der Waals surface area contributed by atoms with E-state index >= 15 is 0 Å². The lowest BCUT2D eigenvalue weighted by Crippen LogP contribution is -1.96. The Morgan fingerprint density at radius 1 is 0.917 bits per heavy atom. The molecule has 0 atom stereocenters. The number of hydrogen-bond donors (Lipinski definition) is 0. The Morgan fingerprint density at radius 3 is 2.29 bits per heavy atom. The van der Waals surface area contributed by atoms with Gasteiger partial charge in [-0.15, -0.1) is 0 Å². The molecule has 128 valence electrons. The average Bonchev–Trinajstić information content (AvgIpc) is 2.63. The van der Waals surface area contributed by atoms with Crippen LogP contribution in [0, 0.1) is 0 Å². The Kier molecular flexibility index (Phi) is 7.81. The fourth-order valence-electron chi connectivity index (χ4n) is 2.08. The minimum Gasteiger partial charge on any atom is -0.494 e. The van der Waals surface area contributed by atoms with Crippen molar-refractivity contribution in [3.8, 4) is 22.9 Å². The molecule has 1 aromatic heterocycles. The van der Waals surface area contributed by atoms with Crippen LogP contribution in [-0.4, -0.2) is 16.6 Å². The second-order valence-corrected chi connectivity index (χ2v) is 5.60. The first-order valence-electron chi connectivity index (χ1n) is 8.70. The molecular formula is C20H26N2O2. The van der Waals surface area contributed by atoms with Crippen LogP contribution in [0.25, 0.3) is 11.4 Å². The largest absolute Gasteiger partial charge is 0.494 e. The van der Waals surface area contributed by atoms with Crippen LogP contribution in [0.3, 0.4) is 0 Å². The van der Waals surface area contributed by atoms with E-state index in [1.54, 1.807) is 18.7 Å². The van der Waals surface area contributed by atoms with Crippen molar-refractivity contribution < 1.29 is 9.47 Å². The number of ether oxygens (including phenoxy) is 2. The summed E-state index contributed by atoms with van der Waals surface area (Å²) in [5, 5.41) is 0. The Bertz CT molecular complexity index is 607. The Balaban J connectivity index is 1.89. The standard InChI is InChI=1S/C20H26N2O2/c1-3-5-7-8-14-24-19-15-21-20(22-16-19)17-9-11-18(12-10-17)23-13-6-4-2/h8-12,14-16H,3-7,13H2,1-2H3. The molecule has 2 rings (SSSR count). The van der Waals surface area contributed by atoms with E-state index in [0.29, 0.717) is 11.6 Å². The van der Waals surface area contributed by atoms with Crippen molar-refractivity contribution in [2.24, 2.45) is 0 Å². The lowest BCUT2D eigenvalue weighted by atomic mass is 10.2. The molecule has 0 saturated carbocycles. The quantitative estimate of drug-likeness (QED) is 0.433. The lowest BCUT2D eigenvalue weighted by Gasteiger charge is -2.06. The minimum absolute atomic E-state index is 0.644. The second kappa shape index (κ2) is 10.4. The van der Waals surface area contributed by atoms with Crippen LogP contribution in [0.15, 0.2) is 49.0 Å². The molecular weight excluding hydrogens is 300 g/mol. The van der Waals surface area contributed by atoms with E-state index in [1.807, 2.05) is 30.3 Å². The first-order chi connectivity index (χ1) is 11.8. The predicted octanol–water partition coefficient (Wildman–Crippen LogP) is 5.41. The van der Waals surface area contributed by atoms with Gasteiger partial charge in [-0.3, -0.25) is 0 Å². The third-order valence-corrected chi connectivity index (χ3v) is 3.53. The van der Waals surface area contributed by atoms with Crippen molar-refractivity contribution in [3.63, 3.8) is 0 Å². The third kappa shape index (κ3) is 6.03. The van der Waals surface area contributed by atoms with Crippen LogP contribution < -0.4 is 9.47 Å². The summed E-state index contributed by atoms with van der Waals surface area (Å²) in [7, 11) is 0. The van der Waals surface area contributed by atoms with E-state index in [2.05, 4.69) is 23.8 Å². The number of benzene rings is 1. The fourth-order valence-corrected chi connectivity index (χ4v) is 2.08. The molecule has 0 spiro atoms. The number of hydrogen-bond acceptors (Lipinski definition) is 4. The maximum atomic E-state index is 5.66. The molecule has 0 radical (unpaired) electrons. The van der Waals surface area contributed by atoms with Crippen LogP contribution >= 0.6 is 0 Å². The highest BCUT2D eigenvalue weighted by atomic mass is 16.5. The first-order valence-corrected chi connectivity index (χ1v) is 8.70. The van der Waals surface area contributed by atoms with Gasteiger partial charge in [0.15, 0.2) is 11.6 Å². The van der Waals surface area contributed by atoms with E-state index in [4.69, 9.17) is 9.47 Å². The summed E-state index contributed by atoms with van der Waals surface area (Å²) in [5.41, 5.74) is 0.961. The highest BCUT2D eigenvalue weighted by Crippen LogP contribution is 2.20. The Hall–Kier alpha value is -2.36. The van der Waals surface area contributed by atoms with Gasteiger partial charge >= 0.3 is 0 Å². The maximum absolute atomic E-state index is 5.66. The van der Waals surface area contributed by atoms with E-state index in [0.717, 1.165) is 37.2 Å². The summed E-state index contributed by atoms with van der Waals surface area (Å²) in [6.45, 7) is 5.08. The average molecular weight is 326 g/mol. The fraction of sp³-hybridized carbons (Fsp3) is 0.400. The van der Waals surface area contributed by atoms with E-state index in [-0.39, 0.29) is 0 Å². The maximum Gasteiger partial charge on any atom is 0.163 e. The predicted molar refractivity (Wildman–Crippen MR) is 97.2 cm³/mol. The van der Waals surface area contributed by atoms with Crippen molar-refractivity contribution in [3.05, 3.63) is 49.0 Å².